The molecule has 1 fully saturated rings. The van der Waals surface area contributed by atoms with E-state index in [-0.39, 0.29) is 5.56 Å². The Morgan fingerprint density at radius 2 is 2.14 bits per heavy atom. The highest BCUT2D eigenvalue weighted by Crippen LogP contribution is 2.31. The molecular weight excluding hydrogens is 392 g/mol. The van der Waals surface area contributed by atoms with E-state index in [4.69, 9.17) is 15.5 Å². The summed E-state index contributed by atoms with van der Waals surface area (Å²) in [4.78, 5) is 31.2. The first-order chi connectivity index (χ1) is 14.0. The first kappa shape index (κ1) is 19.4. The molecule has 9 heteroatoms. The predicted octanol–water partition coefficient (Wildman–Crippen LogP) is 2.00. The van der Waals surface area contributed by atoms with Gasteiger partial charge in [0.2, 0.25) is 5.43 Å². The number of hydrogen-bond donors (Lipinski definition) is 2. The zero-order valence-corrected chi connectivity index (χ0v) is 16.8. The van der Waals surface area contributed by atoms with Crippen LogP contribution in [0.25, 0.3) is 10.3 Å². The number of aromatic nitrogens is 2. The summed E-state index contributed by atoms with van der Waals surface area (Å²) in [5.41, 5.74) is 6.50. The molecule has 1 aliphatic rings. The molecule has 1 aliphatic heterocycles. The van der Waals surface area contributed by atoms with Gasteiger partial charge in [0.05, 0.1) is 7.11 Å². The van der Waals surface area contributed by atoms with Gasteiger partial charge in [-0.25, -0.2) is 9.78 Å². The van der Waals surface area contributed by atoms with Crippen LogP contribution in [0.2, 0.25) is 0 Å². The second kappa shape index (κ2) is 7.84. The van der Waals surface area contributed by atoms with Crippen LogP contribution in [0.5, 0.6) is 5.75 Å². The van der Waals surface area contributed by atoms with E-state index in [1.807, 2.05) is 24.3 Å². The summed E-state index contributed by atoms with van der Waals surface area (Å²) in [6.45, 7) is 2.65. The number of aromatic carboxylic acids is 1. The van der Waals surface area contributed by atoms with E-state index in [2.05, 4.69) is 4.90 Å². The Balaban J connectivity index is 1.78. The van der Waals surface area contributed by atoms with Gasteiger partial charge in [0, 0.05) is 25.8 Å². The molecule has 3 N–H and O–H groups in total. The van der Waals surface area contributed by atoms with Gasteiger partial charge in [-0.05, 0) is 36.6 Å². The van der Waals surface area contributed by atoms with Crippen LogP contribution in [-0.4, -0.2) is 47.4 Å². The number of thiazole rings is 1. The quantitative estimate of drug-likeness (QED) is 0.635. The number of nitrogens with two attached hydrogens (primary N) is 1. The topological polar surface area (TPSA) is 111 Å². The largest absolute Gasteiger partial charge is 0.497 e. The number of ether oxygens (including phenoxy) is 1. The lowest BCUT2D eigenvalue weighted by Gasteiger charge is -2.14. The molecule has 1 atom stereocenters. The number of carboxylic acids is 1. The summed E-state index contributed by atoms with van der Waals surface area (Å²) in [7, 11) is 1.60. The van der Waals surface area contributed by atoms with Gasteiger partial charge in [-0.15, -0.1) is 0 Å². The fraction of sp³-hybridized carbons (Fsp3) is 0.350. The summed E-state index contributed by atoms with van der Waals surface area (Å²) in [5, 5.41) is 10.2. The third-order valence-corrected chi connectivity index (χ3v) is 6.34. The SMILES string of the molecule is COc1ccc(Cn2cc(C(=O)O)c(=O)c3sc(N4CCC(CN)C4)nc32)cc1. The first-order valence-electron chi connectivity index (χ1n) is 9.35. The highest BCUT2D eigenvalue weighted by atomic mass is 32.1. The van der Waals surface area contributed by atoms with Crippen LogP contribution in [-0.2, 0) is 6.54 Å². The van der Waals surface area contributed by atoms with Crippen LogP contribution in [0.4, 0.5) is 5.13 Å². The van der Waals surface area contributed by atoms with Gasteiger partial charge >= 0.3 is 5.97 Å². The maximum absolute atomic E-state index is 12.7. The van der Waals surface area contributed by atoms with Crippen LogP contribution in [0, 0.1) is 5.92 Å². The minimum atomic E-state index is -1.24. The molecule has 0 spiro atoms. The number of anilines is 1. The molecular formula is C20H22N4O4S. The molecule has 1 unspecified atom stereocenters. The Kier molecular flexibility index (Phi) is 5.25. The van der Waals surface area contributed by atoms with E-state index >= 15 is 0 Å². The van der Waals surface area contributed by atoms with Gasteiger partial charge in [0.1, 0.15) is 16.0 Å². The van der Waals surface area contributed by atoms with Crippen LogP contribution in [0.15, 0.2) is 35.3 Å². The third kappa shape index (κ3) is 3.70. The van der Waals surface area contributed by atoms with Gasteiger partial charge in [-0.2, -0.15) is 0 Å². The normalized spacial score (nSPS) is 16.5. The average Bonchev–Trinajstić information content (AvgIpc) is 3.37. The van der Waals surface area contributed by atoms with Crippen molar-refractivity contribution in [1.82, 2.24) is 9.55 Å². The van der Waals surface area contributed by atoms with Crippen LogP contribution >= 0.6 is 11.3 Å². The van der Waals surface area contributed by atoms with E-state index < -0.39 is 11.4 Å². The van der Waals surface area contributed by atoms with Crippen molar-refractivity contribution in [3.8, 4) is 5.75 Å². The average molecular weight is 414 g/mol. The smallest absolute Gasteiger partial charge is 0.341 e. The molecule has 0 radical (unpaired) electrons. The van der Waals surface area contributed by atoms with Gasteiger partial charge in [0.15, 0.2) is 10.8 Å². The maximum atomic E-state index is 12.7. The van der Waals surface area contributed by atoms with E-state index in [0.717, 1.165) is 36.0 Å². The first-order valence-corrected chi connectivity index (χ1v) is 10.2. The third-order valence-electron chi connectivity index (χ3n) is 5.24. The monoisotopic (exact) mass is 414 g/mol. The molecule has 3 aromatic rings. The van der Waals surface area contributed by atoms with Crippen molar-refractivity contribution in [3.05, 3.63) is 51.8 Å². The number of hydrogen-bond acceptors (Lipinski definition) is 7. The Labute approximate surface area is 171 Å². The summed E-state index contributed by atoms with van der Waals surface area (Å²) in [6, 6.07) is 7.50. The summed E-state index contributed by atoms with van der Waals surface area (Å²) in [5.74, 6) is -0.0844. The van der Waals surface area contributed by atoms with Crippen LogP contribution < -0.4 is 20.8 Å². The van der Waals surface area contributed by atoms with Gasteiger partial charge in [0.25, 0.3) is 0 Å². The highest BCUT2D eigenvalue weighted by Gasteiger charge is 2.26. The number of nitrogens with zero attached hydrogens (tertiary/aromatic N) is 3. The van der Waals surface area contributed by atoms with Crippen molar-refractivity contribution in [2.45, 2.75) is 13.0 Å². The number of carbonyl (C=O) groups is 1. The molecule has 3 heterocycles. The molecule has 0 bridgehead atoms. The van der Waals surface area contributed by atoms with E-state index in [0.29, 0.717) is 29.4 Å². The fourth-order valence-electron chi connectivity index (χ4n) is 3.58. The molecule has 0 aliphatic carbocycles. The fourth-order valence-corrected chi connectivity index (χ4v) is 4.64. The second-order valence-electron chi connectivity index (χ2n) is 7.14. The minimum Gasteiger partial charge on any atom is -0.497 e. The van der Waals surface area contributed by atoms with Gasteiger partial charge < -0.3 is 25.0 Å². The molecule has 0 saturated carbocycles. The molecule has 152 valence electrons. The lowest BCUT2D eigenvalue weighted by atomic mass is 10.1. The van der Waals surface area contributed by atoms with Crippen molar-refractivity contribution in [2.24, 2.45) is 11.7 Å². The Hall–Kier alpha value is -2.91. The standard InChI is InChI=1S/C20H22N4O4S/c1-28-14-4-2-12(3-5-14)9-24-11-15(19(26)27)16(25)17-18(24)22-20(29-17)23-7-6-13(8-21)10-23/h2-5,11,13H,6-10,21H2,1H3,(H,26,27). The molecule has 1 saturated heterocycles. The number of rotatable bonds is 6. The highest BCUT2D eigenvalue weighted by molar-refractivity contribution is 7.22. The lowest BCUT2D eigenvalue weighted by molar-refractivity contribution is 0.0695. The zero-order valence-electron chi connectivity index (χ0n) is 16.0. The van der Waals surface area contributed by atoms with Crippen molar-refractivity contribution in [1.29, 1.82) is 0 Å². The molecule has 2 aromatic heterocycles. The summed E-state index contributed by atoms with van der Waals surface area (Å²) < 4.78 is 7.28. The molecule has 4 rings (SSSR count). The number of pyridine rings is 1. The van der Waals surface area contributed by atoms with Crippen molar-refractivity contribution in [3.63, 3.8) is 0 Å². The van der Waals surface area contributed by atoms with Crippen molar-refractivity contribution >= 4 is 32.8 Å². The Bertz CT molecular complexity index is 1110. The van der Waals surface area contributed by atoms with E-state index in [1.54, 1.807) is 11.7 Å². The predicted molar refractivity (Wildman–Crippen MR) is 112 cm³/mol. The lowest BCUT2D eigenvalue weighted by Crippen LogP contribution is -2.22. The number of benzene rings is 1. The zero-order chi connectivity index (χ0) is 20.5. The van der Waals surface area contributed by atoms with Crippen LogP contribution in [0.1, 0.15) is 22.3 Å². The van der Waals surface area contributed by atoms with E-state index in [1.165, 1.54) is 17.5 Å². The van der Waals surface area contributed by atoms with E-state index in [9.17, 15) is 14.7 Å². The molecule has 1 aromatic carbocycles. The summed E-state index contributed by atoms with van der Waals surface area (Å²) in [6.07, 6.45) is 2.37. The number of methoxy groups -OCH3 is 1. The Morgan fingerprint density at radius 3 is 2.76 bits per heavy atom. The second-order valence-corrected chi connectivity index (χ2v) is 8.12. The number of carboxylic acid groups (broad SMARTS) is 1. The van der Waals surface area contributed by atoms with Gasteiger partial charge in [-0.3, -0.25) is 4.79 Å². The van der Waals surface area contributed by atoms with Gasteiger partial charge in [-0.1, -0.05) is 23.5 Å². The van der Waals surface area contributed by atoms with Crippen molar-refractivity contribution in [2.75, 3.05) is 31.6 Å². The maximum Gasteiger partial charge on any atom is 0.341 e. The molecule has 8 nitrogen and oxygen atoms in total. The Morgan fingerprint density at radius 1 is 1.38 bits per heavy atom. The van der Waals surface area contributed by atoms with Crippen LogP contribution in [0.3, 0.4) is 0 Å². The van der Waals surface area contributed by atoms with Crippen molar-refractivity contribution < 1.29 is 14.6 Å². The molecule has 0 amide bonds. The molecule has 29 heavy (non-hydrogen) atoms. The minimum absolute atomic E-state index is 0.248. The number of fused-ring (bicyclic) bond motifs is 1. The summed E-state index contributed by atoms with van der Waals surface area (Å²) >= 11 is 1.25.